The lowest BCUT2D eigenvalue weighted by Crippen LogP contribution is -2.06. The lowest BCUT2D eigenvalue weighted by Gasteiger charge is -2.00. The van der Waals surface area contributed by atoms with Gasteiger partial charge in [0.2, 0.25) is 0 Å². The molecule has 0 bridgehead atoms. The van der Waals surface area contributed by atoms with Crippen LogP contribution in [-0.2, 0) is 4.79 Å². The van der Waals surface area contributed by atoms with Crippen LogP contribution in [0.3, 0.4) is 0 Å². The van der Waals surface area contributed by atoms with E-state index in [9.17, 15) is 4.79 Å². The van der Waals surface area contributed by atoms with Crippen molar-refractivity contribution in [3.8, 4) is 0 Å². The number of carbonyl (C=O) groups is 1. The van der Waals surface area contributed by atoms with Gasteiger partial charge in [0.25, 0.3) is 0 Å². The molecule has 0 spiro atoms. The number of Topliss-reactive ketones (excluding diaryl/α,β-unsaturated/α-hetero) is 1. The minimum absolute atomic E-state index is 0.00241. The summed E-state index contributed by atoms with van der Waals surface area (Å²) >= 11 is 0. The largest absolute Gasteiger partial charge is 0.398 e. The average Bonchev–Trinajstić information content (AvgIpc) is 2.05. The number of hydrogen-bond donors (Lipinski definition) is 1. The van der Waals surface area contributed by atoms with Gasteiger partial charge in [0, 0.05) is 17.7 Å². The van der Waals surface area contributed by atoms with Crippen LogP contribution >= 0.6 is 0 Å². The second kappa shape index (κ2) is 4.50. The first-order chi connectivity index (χ1) is 5.17. The fraction of sp³-hybridized carbons (Fsp3) is 0.222. The number of nitrogens with two attached hydrogens (primary N) is 1. The first-order valence-electron chi connectivity index (χ1n) is 3.45. The monoisotopic (exact) mass is 151 g/mol. The molecule has 0 aliphatic heterocycles. The van der Waals surface area contributed by atoms with Crippen molar-refractivity contribution in [2.75, 3.05) is 0 Å². The highest BCUT2D eigenvalue weighted by atomic mass is 16.1. The van der Waals surface area contributed by atoms with Crippen LogP contribution in [0.2, 0.25) is 0 Å². The van der Waals surface area contributed by atoms with Crippen molar-refractivity contribution in [3.63, 3.8) is 0 Å². The van der Waals surface area contributed by atoms with Gasteiger partial charge in [-0.15, -0.1) is 0 Å². The molecule has 0 unspecified atom stereocenters. The summed E-state index contributed by atoms with van der Waals surface area (Å²) in [5.41, 5.74) is 6.33. The number of rotatable bonds is 4. The maximum atomic E-state index is 11.1. The van der Waals surface area contributed by atoms with Gasteiger partial charge in [-0.1, -0.05) is 26.2 Å². The molecule has 2 heteroatoms. The van der Waals surface area contributed by atoms with Crippen LogP contribution in [-0.4, -0.2) is 5.78 Å². The van der Waals surface area contributed by atoms with E-state index in [1.165, 1.54) is 12.2 Å². The topological polar surface area (TPSA) is 43.1 Å². The fourth-order valence-corrected chi connectivity index (χ4v) is 0.693. The van der Waals surface area contributed by atoms with Gasteiger partial charge in [0.05, 0.1) is 0 Å². The van der Waals surface area contributed by atoms with Gasteiger partial charge in [-0.3, -0.25) is 4.79 Å². The van der Waals surface area contributed by atoms with E-state index in [0.717, 1.165) is 0 Å². The first kappa shape index (κ1) is 9.69. The van der Waals surface area contributed by atoms with Crippen LogP contribution in [0.15, 0.2) is 36.6 Å². The van der Waals surface area contributed by atoms with E-state index in [1.807, 2.05) is 0 Å². The molecule has 2 N–H and O–H groups in total. The van der Waals surface area contributed by atoms with E-state index in [1.54, 1.807) is 6.92 Å². The van der Waals surface area contributed by atoms with Crippen molar-refractivity contribution in [2.45, 2.75) is 13.3 Å². The highest BCUT2D eigenvalue weighted by molar-refractivity contribution is 5.98. The zero-order valence-electron chi connectivity index (χ0n) is 6.76. The van der Waals surface area contributed by atoms with Gasteiger partial charge in [0.15, 0.2) is 5.78 Å². The van der Waals surface area contributed by atoms with E-state index >= 15 is 0 Å². The first-order valence-corrected chi connectivity index (χ1v) is 3.45. The minimum atomic E-state index is -0.00241. The van der Waals surface area contributed by atoms with Crippen molar-refractivity contribution >= 4 is 5.78 Å². The SMILES string of the molecule is C=C/C(N)=C(\C=C)C(=O)CC. The lowest BCUT2D eigenvalue weighted by atomic mass is 10.1. The van der Waals surface area contributed by atoms with Crippen LogP contribution in [0.4, 0.5) is 0 Å². The summed E-state index contributed by atoms with van der Waals surface area (Å²) in [7, 11) is 0. The Labute approximate surface area is 67.1 Å². The summed E-state index contributed by atoms with van der Waals surface area (Å²) in [4.78, 5) is 11.1. The number of allylic oxidation sites excluding steroid dienone is 3. The molecule has 0 fully saturated rings. The average molecular weight is 151 g/mol. The highest BCUT2D eigenvalue weighted by Crippen LogP contribution is 2.05. The molecule has 0 aromatic heterocycles. The molecule has 0 aliphatic carbocycles. The summed E-state index contributed by atoms with van der Waals surface area (Å²) in [6.45, 7) is 8.74. The Morgan fingerprint density at radius 1 is 1.45 bits per heavy atom. The number of ketones is 1. The van der Waals surface area contributed by atoms with E-state index in [0.29, 0.717) is 17.7 Å². The van der Waals surface area contributed by atoms with Gasteiger partial charge >= 0.3 is 0 Å². The standard InChI is InChI=1S/C9H13NO/c1-4-7(8(10)5-2)9(11)6-3/h4-5H,1-2,6,10H2,3H3/b8-7-. The predicted molar refractivity (Wildman–Crippen MR) is 46.9 cm³/mol. The molecule has 0 amide bonds. The zero-order chi connectivity index (χ0) is 8.85. The van der Waals surface area contributed by atoms with Gasteiger partial charge in [0.1, 0.15) is 0 Å². The third kappa shape index (κ3) is 2.42. The molecule has 11 heavy (non-hydrogen) atoms. The second-order valence-electron chi connectivity index (χ2n) is 2.05. The molecule has 0 aromatic rings. The van der Waals surface area contributed by atoms with Crippen molar-refractivity contribution < 1.29 is 4.79 Å². The molecule has 0 saturated carbocycles. The van der Waals surface area contributed by atoms with E-state index in [4.69, 9.17) is 5.73 Å². The minimum Gasteiger partial charge on any atom is -0.398 e. The Balaban J connectivity index is 4.78. The van der Waals surface area contributed by atoms with Crippen LogP contribution in [0.1, 0.15) is 13.3 Å². The summed E-state index contributed by atoms with van der Waals surface area (Å²) in [5, 5.41) is 0. The van der Waals surface area contributed by atoms with E-state index in [-0.39, 0.29) is 5.78 Å². The van der Waals surface area contributed by atoms with Crippen molar-refractivity contribution in [1.29, 1.82) is 0 Å². The molecule has 60 valence electrons. The summed E-state index contributed by atoms with van der Waals surface area (Å²) < 4.78 is 0. The molecule has 0 heterocycles. The molecular formula is C9H13NO. The van der Waals surface area contributed by atoms with Crippen molar-refractivity contribution in [3.05, 3.63) is 36.6 Å². The van der Waals surface area contributed by atoms with Crippen LogP contribution in [0.5, 0.6) is 0 Å². The Morgan fingerprint density at radius 3 is 2.27 bits per heavy atom. The Kier molecular flexibility index (Phi) is 3.96. The summed E-state index contributed by atoms with van der Waals surface area (Å²) in [6, 6.07) is 0. The third-order valence-corrected chi connectivity index (χ3v) is 1.36. The molecular weight excluding hydrogens is 138 g/mol. The van der Waals surface area contributed by atoms with Crippen LogP contribution in [0.25, 0.3) is 0 Å². The van der Waals surface area contributed by atoms with E-state index < -0.39 is 0 Å². The molecule has 0 rings (SSSR count). The summed E-state index contributed by atoms with van der Waals surface area (Å²) in [6.07, 6.45) is 3.35. The lowest BCUT2D eigenvalue weighted by molar-refractivity contribution is -0.115. The maximum absolute atomic E-state index is 11.1. The molecule has 0 saturated heterocycles. The van der Waals surface area contributed by atoms with Crippen molar-refractivity contribution in [2.24, 2.45) is 5.73 Å². The van der Waals surface area contributed by atoms with Crippen molar-refractivity contribution in [1.82, 2.24) is 0 Å². The molecule has 0 aromatic carbocycles. The van der Waals surface area contributed by atoms with Gasteiger partial charge in [-0.05, 0) is 6.08 Å². The Hall–Kier alpha value is -1.31. The molecule has 0 atom stereocenters. The Bertz CT molecular complexity index is 214. The molecule has 0 radical (unpaired) electrons. The normalized spacial score (nSPS) is 11.7. The van der Waals surface area contributed by atoms with Gasteiger partial charge < -0.3 is 5.73 Å². The zero-order valence-corrected chi connectivity index (χ0v) is 6.76. The fourth-order valence-electron chi connectivity index (χ4n) is 0.693. The van der Waals surface area contributed by atoms with Gasteiger partial charge in [-0.2, -0.15) is 0 Å². The van der Waals surface area contributed by atoms with Crippen LogP contribution < -0.4 is 5.73 Å². The molecule has 0 aliphatic rings. The highest BCUT2D eigenvalue weighted by Gasteiger charge is 2.04. The van der Waals surface area contributed by atoms with Crippen LogP contribution in [0, 0.1) is 0 Å². The predicted octanol–water partition coefficient (Wildman–Crippen LogP) is 1.55. The Morgan fingerprint density at radius 2 is 2.00 bits per heavy atom. The molecule has 2 nitrogen and oxygen atoms in total. The second-order valence-corrected chi connectivity index (χ2v) is 2.05. The van der Waals surface area contributed by atoms with Gasteiger partial charge in [-0.25, -0.2) is 0 Å². The smallest absolute Gasteiger partial charge is 0.164 e. The number of hydrogen-bond acceptors (Lipinski definition) is 2. The summed E-state index contributed by atoms with van der Waals surface area (Å²) in [5.74, 6) is -0.00241. The quantitative estimate of drug-likeness (QED) is 0.489. The maximum Gasteiger partial charge on any atom is 0.164 e. The number of carbonyl (C=O) groups excluding carboxylic acids is 1. The third-order valence-electron chi connectivity index (χ3n) is 1.36. The van der Waals surface area contributed by atoms with E-state index in [2.05, 4.69) is 13.2 Å².